The minimum atomic E-state index is 1.08. The Kier molecular flexibility index (Phi) is 2.44. The van der Waals surface area contributed by atoms with Crippen molar-refractivity contribution in [1.82, 2.24) is 14.8 Å². The van der Waals surface area contributed by atoms with Gasteiger partial charge in [0.05, 0.1) is 5.69 Å². The summed E-state index contributed by atoms with van der Waals surface area (Å²) in [6.45, 7) is 0. The van der Waals surface area contributed by atoms with E-state index in [0.717, 1.165) is 17.9 Å². The van der Waals surface area contributed by atoms with Gasteiger partial charge in [0.15, 0.2) is 0 Å². The zero-order chi connectivity index (χ0) is 11.0. The van der Waals surface area contributed by atoms with E-state index in [1.807, 2.05) is 48.0 Å². The monoisotopic (exact) mass is 231 g/mol. The topological polar surface area (TPSA) is 30.7 Å². The van der Waals surface area contributed by atoms with Crippen LogP contribution < -0.4 is 0 Å². The molecule has 3 heterocycles. The zero-order valence-corrected chi connectivity index (χ0v) is 10.00. The Morgan fingerprint density at radius 1 is 1.31 bits per heavy atom. The van der Waals surface area contributed by atoms with E-state index in [9.17, 15) is 0 Å². The van der Waals surface area contributed by atoms with Crippen LogP contribution in [-0.2, 0) is 19.2 Å². The molecule has 0 spiro atoms. The number of nitrogens with zero attached hydrogens (tertiary/aromatic N) is 3. The van der Waals surface area contributed by atoms with E-state index >= 15 is 0 Å². The average Bonchev–Trinajstić information content (AvgIpc) is 2.69. The Morgan fingerprint density at radius 2 is 2.12 bits per heavy atom. The van der Waals surface area contributed by atoms with Crippen LogP contribution in [-0.4, -0.2) is 20.5 Å². The predicted octanol–water partition coefficient (Wildman–Crippen LogP) is 2.27. The van der Waals surface area contributed by atoms with Gasteiger partial charge in [-0.3, -0.25) is 9.67 Å². The van der Waals surface area contributed by atoms with Crippen LogP contribution in [0.25, 0.3) is 11.3 Å². The number of aryl methyl sites for hydroxylation is 1. The third-order valence-corrected chi connectivity index (χ3v) is 3.94. The number of fused-ring (bicyclic) bond motifs is 1. The number of rotatable bonds is 1. The van der Waals surface area contributed by atoms with E-state index < -0.39 is 0 Å². The first-order valence-corrected chi connectivity index (χ1v) is 6.54. The predicted molar refractivity (Wildman–Crippen MR) is 66.3 cm³/mol. The van der Waals surface area contributed by atoms with Gasteiger partial charge in [-0.2, -0.15) is 16.9 Å². The molecule has 0 amide bonds. The Labute approximate surface area is 98.9 Å². The molecule has 3 nitrogen and oxygen atoms in total. The fraction of sp³-hybridized carbons (Fsp3) is 0.333. The molecular weight excluding hydrogens is 218 g/mol. The molecule has 0 atom stereocenters. The minimum absolute atomic E-state index is 1.08. The fourth-order valence-corrected chi connectivity index (χ4v) is 3.14. The maximum atomic E-state index is 4.64. The molecule has 0 bridgehead atoms. The van der Waals surface area contributed by atoms with Crippen LogP contribution in [0.4, 0.5) is 0 Å². The smallest absolute Gasteiger partial charge is 0.0967 e. The number of hydrogen-bond donors (Lipinski definition) is 0. The quantitative estimate of drug-likeness (QED) is 0.754. The molecule has 3 rings (SSSR count). The molecule has 1 aliphatic rings. The first-order valence-electron chi connectivity index (χ1n) is 5.39. The van der Waals surface area contributed by atoms with Gasteiger partial charge >= 0.3 is 0 Å². The van der Waals surface area contributed by atoms with Gasteiger partial charge in [-0.15, -0.1) is 0 Å². The molecule has 2 aromatic rings. The molecule has 0 aromatic carbocycles. The van der Waals surface area contributed by atoms with Crippen molar-refractivity contribution in [3.05, 3.63) is 35.8 Å². The zero-order valence-electron chi connectivity index (χ0n) is 9.18. The average molecular weight is 231 g/mol. The van der Waals surface area contributed by atoms with Gasteiger partial charge in [0.1, 0.15) is 0 Å². The Hall–Kier alpha value is -1.29. The molecule has 82 valence electrons. The Bertz CT molecular complexity index is 504. The van der Waals surface area contributed by atoms with Crippen LogP contribution >= 0.6 is 11.8 Å². The van der Waals surface area contributed by atoms with Gasteiger partial charge in [-0.1, -0.05) is 0 Å². The van der Waals surface area contributed by atoms with Crippen molar-refractivity contribution < 1.29 is 0 Å². The highest BCUT2D eigenvalue weighted by atomic mass is 32.2. The Morgan fingerprint density at radius 3 is 2.94 bits per heavy atom. The summed E-state index contributed by atoms with van der Waals surface area (Å²) in [6.07, 6.45) is 4.79. The van der Waals surface area contributed by atoms with Gasteiger partial charge in [0, 0.05) is 42.0 Å². The van der Waals surface area contributed by atoms with Crippen molar-refractivity contribution >= 4 is 11.8 Å². The summed E-state index contributed by atoms with van der Waals surface area (Å²) in [5, 5.41) is 4.64. The second-order valence-corrected chi connectivity index (χ2v) is 5.04. The van der Waals surface area contributed by atoms with E-state index in [1.54, 1.807) is 0 Å². The Balaban J connectivity index is 2.15. The summed E-state index contributed by atoms with van der Waals surface area (Å²) in [5.74, 6) is 2.29. The van der Waals surface area contributed by atoms with E-state index in [4.69, 9.17) is 0 Å². The molecule has 0 saturated carbocycles. The van der Waals surface area contributed by atoms with Crippen molar-refractivity contribution in [2.45, 2.75) is 12.2 Å². The van der Waals surface area contributed by atoms with Crippen molar-refractivity contribution in [3.8, 4) is 11.3 Å². The molecule has 0 aliphatic carbocycles. The molecule has 2 aromatic heterocycles. The summed E-state index contributed by atoms with van der Waals surface area (Å²) in [6, 6.07) is 4.06. The van der Waals surface area contributed by atoms with Gasteiger partial charge < -0.3 is 0 Å². The number of hydrogen-bond acceptors (Lipinski definition) is 3. The van der Waals surface area contributed by atoms with Crippen LogP contribution in [0.3, 0.4) is 0 Å². The maximum absolute atomic E-state index is 4.64. The second kappa shape index (κ2) is 3.94. The SMILES string of the molecule is Cn1nc(-c2ccncc2)c2c1CCSC2. The fourth-order valence-electron chi connectivity index (χ4n) is 2.15. The summed E-state index contributed by atoms with van der Waals surface area (Å²) >= 11 is 1.99. The summed E-state index contributed by atoms with van der Waals surface area (Å²) in [4.78, 5) is 4.05. The molecule has 0 fully saturated rings. The normalized spacial score (nSPS) is 14.8. The van der Waals surface area contributed by atoms with Gasteiger partial charge in [-0.25, -0.2) is 0 Å². The minimum Gasteiger partial charge on any atom is -0.272 e. The van der Waals surface area contributed by atoms with Crippen molar-refractivity contribution in [2.24, 2.45) is 7.05 Å². The van der Waals surface area contributed by atoms with Gasteiger partial charge in [-0.05, 0) is 24.3 Å². The summed E-state index contributed by atoms with van der Waals surface area (Å²) in [7, 11) is 2.04. The lowest BCUT2D eigenvalue weighted by Crippen LogP contribution is -2.05. The number of aromatic nitrogens is 3. The lowest BCUT2D eigenvalue weighted by molar-refractivity contribution is 0.718. The van der Waals surface area contributed by atoms with Gasteiger partial charge in [0.25, 0.3) is 0 Å². The van der Waals surface area contributed by atoms with E-state index in [1.165, 1.54) is 22.6 Å². The molecule has 4 heteroatoms. The lowest BCUT2D eigenvalue weighted by Gasteiger charge is -2.12. The molecule has 1 aliphatic heterocycles. The van der Waals surface area contributed by atoms with E-state index in [0.29, 0.717) is 0 Å². The molecule has 16 heavy (non-hydrogen) atoms. The highest BCUT2D eigenvalue weighted by Crippen LogP contribution is 2.32. The maximum Gasteiger partial charge on any atom is 0.0967 e. The molecule has 0 unspecified atom stereocenters. The molecule has 0 radical (unpaired) electrons. The van der Waals surface area contributed by atoms with Crippen LogP contribution in [0.15, 0.2) is 24.5 Å². The van der Waals surface area contributed by atoms with Crippen molar-refractivity contribution in [2.75, 3.05) is 5.75 Å². The number of thioether (sulfide) groups is 1. The van der Waals surface area contributed by atoms with Gasteiger partial charge in [0.2, 0.25) is 0 Å². The second-order valence-electron chi connectivity index (χ2n) is 3.94. The lowest BCUT2D eigenvalue weighted by atomic mass is 10.1. The number of pyridine rings is 1. The summed E-state index contributed by atoms with van der Waals surface area (Å²) in [5.41, 5.74) is 5.11. The summed E-state index contributed by atoms with van der Waals surface area (Å²) < 4.78 is 2.03. The van der Waals surface area contributed by atoms with Crippen LogP contribution in [0.5, 0.6) is 0 Å². The standard InChI is InChI=1S/C12H13N3S/c1-15-11-4-7-16-8-10(11)12(14-15)9-2-5-13-6-3-9/h2-3,5-6H,4,7-8H2,1H3. The third-order valence-electron chi connectivity index (χ3n) is 2.96. The highest BCUT2D eigenvalue weighted by molar-refractivity contribution is 7.98. The van der Waals surface area contributed by atoms with Crippen LogP contribution in [0.2, 0.25) is 0 Å². The molecule has 0 N–H and O–H groups in total. The van der Waals surface area contributed by atoms with Crippen LogP contribution in [0, 0.1) is 0 Å². The van der Waals surface area contributed by atoms with E-state index in [2.05, 4.69) is 10.1 Å². The highest BCUT2D eigenvalue weighted by Gasteiger charge is 2.20. The molecular formula is C12H13N3S. The molecule has 0 saturated heterocycles. The van der Waals surface area contributed by atoms with Crippen LogP contribution in [0.1, 0.15) is 11.3 Å². The largest absolute Gasteiger partial charge is 0.272 e. The van der Waals surface area contributed by atoms with E-state index in [-0.39, 0.29) is 0 Å². The first kappa shape index (κ1) is 9.90. The van der Waals surface area contributed by atoms with Crippen molar-refractivity contribution in [1.29, 1.82) is 0 Å². The van der Waals surface area contributed by atoms with Crippen molar-refractivity contribution in [3.63, 3.8) is 0 Å². The first-order chi connectivity index (χ1) is 7.86. The third kappa shape index (κ3) is 1.53.